The molecule has 1 aliphatic heterocycles. The van der Waals surface area contributed by atoms with Crippen molar-refractivity contribution in [3.63, 3.8) is 0 Å². The lowest BCUT2D eigenvalue weighted by atomic mass is 10.0. The maximum absolute atomic E-state index is 5.86. The molecule has 4 heteroatoms. The van der Waals surface area contributed by atoms with Crippen LogP contribution in [-0.2, 0) is 4.74 Å². The normalized spacial score (nSPS) is 23.0. The summed E-state index contributed by atoms with van der Waals surface area (Å²) in [4.78, 5) is 0. The Morgan fingerprint density at radius 3 is 2.94 bits per heavy atom. The molecule has 1 aromatic carbocycles. The summed E-state index contributed by atoms with van der Waals surface area (Å²) in [7, 11) is 0. The van der Waals surface area contributed by atoms with Gasteiger partial charge in [0, 0.05) is 36.7 Å². The molecular formula is C14H22N2O2. The first-order valence-electron chi connectivity index (χ1n) is 6.52. The molecule has 4 nitrogen and oxygen atoms in total. The van der Waals surface area contributed by atoms with E-state index < -0.39 is 0 Å². The van der Waals surface area contributed by atoms with Gasteiger partial charge in [0.1, 0.15) is 5.75 Å². The van der Waals surface area contributed by atoms with Crippen LogP contribution in [0.2, 0.25) is 0 Å². The maximum atomic E-state index is 5.86. The summed E-state index contributed by atoms with van der Waals surface area (Å²) in [6.07, 6.45) is 2.24. The van der Waals surface area contributed by atoms with E-state index in [1.165, 1.54) is 0 Å². The van der Waals surface area contributed by atoms with Crippen molar-refractivity contribution in [3.8, 4) is 5.75 Å². The van der Waals surface area contributed by atoms with Gasteiger partial charge < -0.3 is 20.5 Å². The first-order chi connectivity index (χ1) is 8.61. The second-order valence-corrected chi connectivity index (χ2v) is 4.98. The Labute approximate surface area is 108 Å². The van der Waals surface area contributed by atoms with Gasteiger partial charge in [0.2, 0.25) is 0 Å². The van der Waals surface area contributed by atoms with Gasteiger partial charge in [0.15, 0.2) is 0 Å². The lowest BCUT2D eigenvalue weighted by molar-refractivity contribution is 0.0315. The zero-order valence-electron chi connectivity index (χ0n) is 11.2. The average molecular weight is 250 g/mol. The molecular weight excluding hydrogens is 228 g/mol. The van der Waals surface area contributed by atoms with Crippen molar-refractivity contribution in [2.75, 3.05) is 30.8 Å². The Morgan fingerprint density at radius 2 is 2.28 bits per heavy atom. The molecule has 1 unspecified atom stereocenters. The molecule has 1 aliphatic rings. The van der Waals surface area contributed by atoms with Crippen molar-refractivity contribution < 1.29 is 9.47 Å². The van der Waals surface area contributed by atoms with Crippen molar-refractivity contribution in [2.24, 2.45) is 0 Å². The minimum Gasteiger partial charge on any atom is -0.494 e. The fourth-order valence-electron chi connectivity index (χ4n) is 2.24. The number of anilines is 2. The first-order valence-corrected chi connectivity index (χ1v) is 6.52. The Kier molecular flexibility index (Phi) is 3.97. The minimum atomic E-state index is -0.0591. The third-order valence-electron chi connectivity index (χ3n) is 3.21. The van der Waals surface area contributed by atoms with Crippen molar-refractivity contribution >= 4 is 11.4 Å². The highest BCUT2D eigenvalue weighted by Gasteiger charge is 2.29. The van der Waals surface area contributed by atoms with Gasteiger partial charge in [0.05, 0.1) is 12.2 Å². The Morgan fingerprint density at radius 1 is 1.44 bits per heavy atom. The number of rotatable bonds is 5. The topological polar surface area (TPSA) is 56.5 Å². The molecule has 0 radical (unpaired) electrons. The number of nitrogen functional groups attached to an aromatic ring is 1. The number of nitrogens with two attached hydrogens (primary N) is 1. The van der Waals surface area contributed by atoms with Crippen molar-refractivity contribution in [3.05, 3.63) is 18.2 Å². The maximum Gasteiger partial charge on any atom is 0.123 e. The second-order valence-electron chi connectivity index (χ2n) is 4.98. The van der Waals surface area contributed by atoms with Crippen LogP contribution < -0.4 is 15.8 Å². The van der Waals surface area contributed by atoms with Crippen LogP contribution in [0.1, 0.15) is 26.7 Å². The number of ether oxygens (including phenoxy) is 2. The first kappa shape index (κ1) is 13.0. The smallest absolute Gasteiger partial charge is 0.123 e. The molecule has 100 valence electrons. The lowest BCUT2D eigenvalue weighted by Gasteiger charge is -2.24. The van der Waals surface area contributed by atoms with E-state index in [0.717, 1.165) is 37.4 Å². The van der Waals surface area contributed by atoms with Crippen molar-refractivity contribution in [1.29, 1.82) is 0 Å². The van der Waals surface area contributed by atoms with Crippen LogP contribution >= 0.6 is 0 Å². The molecule has 3 N–H and O–H groups in total. The molecule has 0 bridgehead atoms. The molecule has 18 heavy (non-hydrogen) atoms. The van der Waals surface area contributed by atoms with E-state index in [9.17, 15) is 0 Å². The quantitative estimate of drug-likeness (QED) is 0.789. The predicted octanol–water partition coefficient (Wildman–Crippen LogP) is 2.65. The Balaban J connectivity index is 2.00. The molecule has 1 saturated heterocycles. The van der Waals surface area contributed by atoms with Crippen LogP contribution in [0.3, 0.4) is 0 Å². The van der Waals surface area contributed by atoms with E-state index in [2.05, 4.69) is 12.2 Å². The Bertz CT molecular complexity index is 401. The second kappa shape index (κ2) is 5.48. The molecule has 2 rings (SSSR count). The fraction of sp³-hybridized carbons (Fsp3) is 0.571. The van der Waals surface area contributed by atoms with Crippen molar-refractivity contribution in [2.45, 2.75) is 32.3 Å². The van der Waals surface area contributed by atoms with Crippen LogP contribution in [0.15, 0.2) is 18.2 Å². The lowest BCUT2D eigenvalue weighted by Crippen LogP contribution is -2.32. The number of nitrogens with one attached hydrogen (secondary N) is 1. The van der Waals surface area contributed by atoms with Gasteiger partial charge in [-0.25, -0.2) is 0 Å². The monoisotopic (exact) mass is 250 g/mol. The Hall–Kier alpha value is -1.42. The van der Waals surface area contributed by atoms with Crippen LogP contribution in [-0.4, -0.2) is 25.4 Å². The van der Waals surface area contributed by atoms with Crippen LogP contribution in [0.5, 0.6) is 5.75 Å². The summed E-state index contributed by atoms with van der Waals surface area (Å²) in [6.45, 7) is 6.40. The molecule has 1 fully saturated rings. The van der Waals surface area contributed by atoms with E-state index in [1.54, 1.807) is 0 Å². The van der Waals surface area contributed by atoms with Gasteiger partial charge >= 0.3 is 0 Å². The minimum absolute atomic E-state index is 0.0591. The highest BCUT2D eigenvalue weighted by atomic mass is 16.5. The highest BCUT2D eigenvalue weighted by Crippen LogP contribution is 2.27. The van der Waals surface area contributed by atoms with Gasteiger partial charge in [0.25, 0.3) is 0 Å². The highest BCUT2D eigenvalue weighted by molar-refractivity contribution is 5.59. The molecule has 1 aromatic rings. The summed E-state index contributed by atoms with van der Waals surface area (Å²) in [5.41, 5.74) is 7.49. The molecule has 0 amide bonds. The van der Waals surface area contributed by atoms with Crippen LogP contribution in [0.25, 0.3) is 0 Å². The van der Waals surface area contributed by atoms with Gasteiger partial charge in [-0.2, -0.15) is 0 Å². The third kappa shape index (κ3) is 3.29. The third-order valence-corrected chi connectivity index (χ3v) is 3.21. The largest absolute Gasteiger partial charge is 0.494 e. The zero-order chi connectivity index (χ0) is 13.0. The van der Waals surface area contributed by atoms with E-state index in [0.29, 0.717) is 12.3 Å². The SMILES string of the molecule is CCOc1cc(N)cc(NCC2(C)CCCO2)c1. The molecule has 0 saturated carbocycles. The van der Waals surface area contributed by atoms with Gasteiger partial charge in [-0.15, -0.1) is 0 Å². The average Bonchev–Trinajstić information content (AvgIpc) is 2.74. The van der Waals surface area contributed by atoms with E-state index in [1.807, 2.05) is 25.1 Å². The number of benzene rings is 1. The van der Waals surface area contributed by atoms with E-state index in [-0.39, 0.29) is 5.60 Å². The standard InChI is InChI=1S/C14H22N2O2/c1-3-17-13-8-11(15)7-12(9-13)16-10-14(2)5-4-6-18-14/h7-9,16H,3-6,10,15H2,1-2H3. The summed E-state index contributed by atoms with van der Waals surface area (Å²) in [5.74, 6) is 0.803. The van der Waals surface area contributed by atoms with Crippen LogP contribution in [0, 0.1) is 0 Å². The predicted molar refractivity (Wildman–Crippen MR) is 74.1 cm³/mol. The number of hydrogen-bond donors (Lipinski definition) is 2. The fourth-order valence-corrected chi connectivity index (χ4v) is 2.24. The van der Waals surface area contributed by atoms with Crippen molar-refractivity contribution in [1.82, 2.24) is 0 Å². The summed E-state index contributed by atoms with van der Waals surface area (Å²) >= 11 is 0. The summed E-state index contributed by atoms with van der Waals surface area (Å²) in [6, 6.07) is 5.72. The zero-order valence-corrected chi connectivity index (χ0v) is 11.2. The molecule has 1 atom stereocenters. The van der Waals surface area contributed by atoms with Gasteiger partial charge in [-0.3, -0.25) is 0 Å². The van der Waals surface area contributed by atoms with Gasteiger partial charge in [-0.05, 0) is 32.8 Å². The molecule has 0 spiro atoms. The number of hydrogen-bond acceptors (Lipinski definition) is 4. The summed E-state index contributed by atoms with van der Waals surface area (Å²) in [5, 5.41) is 3.38. The van der Waals surface area contributed by atoms with E-state index >= 15 is 0 Å². The van der Waals surface area contributed by atoms with Gasteiger partial charge in [-0.1, -0.05) is 0 Å². The molecule has 0 aliphatic carbocycles. The molecule has 1 heterocycles. The van der Waals surface area contributed by atoms with Crippen LogP contribution in [0.4, 0.5) is 11.4 Å². The van der Waals surface area contributed by atoms with E-state index in [4.69, 9.17) is 15.2 Å². The molecule has 0 aromatic heterocycles. The summed E-state index contributed by atoms with van der Waals surface area (Å²) < 4.78 is 11.2.